The first-order valence-electron chi connectivity index (χ1n) is 5.39. The number of alkyl halides is 3. The van der Waals surface area contributed by atoms with Crippen LogP contribution in [-0.4, -0.2) is 31.3 Å². The van der Waals surface area contributed by atoms with E-state index in [-0.39, 0.29) is 19.3 Å². The van der Waals surface area contributed by atoms with Gasteiger partial charge < -0.3 is 9.47 Å². The van der Waals surface area contributed by atoms with Crippen LogP contribution in [0.1, 0.15) is 20.3 Å². The molecule has 0 radical (unpaired) electrons. The van der Waals surface area contributed by atoms with Crippen molar-refractivity contribution >= 4 is 11.9 Å². The summed E-state index contributed by atoms with van der Waals surface area (Å²) in [6.45, 7) is 3.15. The summed E-state index contributed by atoms with van der Waals surface area (Å²) >= 11 is 0. The topological polar surface area (TPSA) is 52.6 Å². The summed E-state index contributed by atoms with van der Waals surface area (Å²) in [4.78, 5) is 22.8. The third kappa shape index (κ3) is 6.93. The van der Waals surface area contributed by atoms with E-state index in [9.17, 15) is 22.8 Å². The first-order valence-corrected chi connectivity index (χ1v) is 5.39. The number of rotatable bonds is 6. The summed E-state index contributed by atoms with van der Waals surface area (Å²) in [5, 5.41) is 0. The first-order chi connectivity index (χ1) is 8.31. The van der Waals surface area contributed by atoms with E-state index in [1.807, 2.05) is 0 Å². The quantitative estimate of drug-likeness (QED) is 0.421. The van der Waals surface area contributed by atoms with Gasteiger partial charge in [0.05, 0.1) is 13.2 Å². The normalized spacial score (nSPS) is 11.9. The second kappa shape index (κ2) is 7.73. The van der Waals surface area contributed by atoms with Crippen molar-refractivity contribution in [2.24, 2.45) is 5.92 Å². The minimum Gasteiger partial charge on any atom is -0.465 e. The van der Waals surface area contributed by atoms with Crippen molar-refractivity contribution in [2.75, 3.05) is 13.2 Å². The third-order valence-corrected chi connectivity index (χ3v) is 1.82. The minimum atomic E-state index is -4.48. The molecule has 0 aromatic rings. The van der Waals surface area contributed by atoms with Gasteiger partial charge in [-0.25, -0.2) is 0 Å². The van der Waals surface area contributed by atoms with E-state index >= 15 is 0 Å². The third-order valence-electron chi connectivity index (χ3n) is 1.82. The number of esters is 2. The van der Waals surface area contributed by atoms with Gasteiger partial charge in [0.25, 0.3) is 0 Å². The van der Waals surface area contributed by atoms with Crippen LogP contribution >= 0.6 is 0 Å². The Morgan fingerprint density at radius 2 is 1.56 bits per heavy atom. The second-order valence-electron chi connectivity index (χ2n) is 3.24. The van der Waals surface area contributed by atoms with Crippen molar-refractivity contribution in [3.05, 3.63) is 12.2 Å². The molecule has 0 aromatic carbocycles. The van der Waals surface area contributed by atoms with Gasteiger partial charge in [-0.15, -0.1) is 0 Å². The summed E-state index contributed by atoms with van der Waals surface area (Å²) in [6, 6.07) is 0. The summed E-state index contributed by atoms with van der Waals surface area (Å²) in [5.41, 5.74) is 0. The van der Waals surface area contributed by atoms with Crippen LogP contribution in [0.4, 0.5) is 13.2 Å². The van der Waals surface area contributed by atoms with Crippen molar-refractivity contribution < 1.29 is 32.2 Å². The average molecular weight is 268 g/mol. The molecule has 0 heterocycles. The number of carbonyl (C=O) groups excluding carboxylic acids is 2. The predicted molar refractivity (Wildman–Crippen MR) is 56.6 cm³/mol. The second-order valence-corrected chi connectivity index (χ2v) is 3.24. The molecule has 7 heteroatoms. The Hall–Kier alpha value is -1.53. The van der Waals surface area contributed by atoms with E-state index < -0.39 is 30.5 Å². The van der Waals surface area contributed by atoms with Crippen molar-refractivity contribution in [3.63, 3.8) is 0 Å². The fourth-order valence-electron chi connectivity index (χ4n) is 1.11. The van der Waals surface area contributed by atoms with Crippen LogP contribution in [0.25, 0.3) is 0 Å². The first kappa shape index (κ1) is 16.5. The molecular weight excluding hydrogens is 253 g/mol. The number of allylic oxidation sites excluding steroid dienone is 2. The molecular formula is C11H15F3O4. The Morgan fingerprint density at radius 3 is 1.89 bits per heavy atom. The number of hydrogen-bond acceptors (Lipinski definition) is 4. The van der Waals surface area contributed by atoms with E-state index in [1.165, 1.54) is 13.8 Å². The van der Waals surface area contributed by atoms with Gasteiger partial charge in [0.1, 0.15) is 0 Å². The zero-order valence-electron chi connectivity index (χ0n) is 10.1. The largest absolute Gasteiger partial charge is 0.465 e. The Labute approximate surface area is 103 Å². The highest BCUT2D eigenvalue weighted by atomic mass is 19.4. The van der Waals surface area contributed by atoms with E-state index in [1.54, 1.807) is 0 Å². The van der Waals surface area contributed by atoms with E-state index in [0.717, 1.165) is 0 Å². The van der Waals surface area contributed by atoms with E-state index in [0.29, 0.717) is 6.08 Å². The Kier molecular flexibility index (Phi) is 7.07. The number of hydrogen-bond donors (Lipinski definition) is 0. The van der Waals surface area contributed by atoms with Crippen LogP contribution < -0.4 is 0 Å². The monoisotopic (exact) mass is 268 g/mol. The minimum absolute atomic E-state index is 0.0293. The van der Waals surface area contributed by atoms with Crippen molar-refractivity contribution in [1.82, 2.24) is 0 Å². The fraction of sp³-hybridized carbons (Fsp3) is 0.636. The highest BCUT2D eigenvalue weighted by Crippen LogP contribution is 2.18. The summed E-state index contributed by atoms with van der Waals surface area (Å²) in [7, 11) is 0. The van der Waals surface area contributed by atoms with Crippen LogP contribution in [0.15, 0.2) is 12.2 Å². The lowest BCUT2D eigenvalue weighted by atomic mass is 10.1. The lowest BCUT2D eigenvalue weighted by Gasteiger charge is -2.12. The van der Waals surface area contributed by atoms with Crippen LogP contribution in [-0.2, 0) is 19.1 Å². The maximum atomic E-state index is 11.9. The zero-order valence-corrected chi connectivity index (χ0v) is 10.1. The van der Waals surface area contributed by atoms with Crippen LogP contribution in [0, 0.1) is 5.92 Å². The van der Waals surface area contributed by atoms with Gasteiger partial charge in [0.15, 0.2) is 5.92 Å². The molecule has 0 rings (SSSR count). The Balaban J connectivity index is 4.62. The lowest BCUT2D eigenvalue weighted by molar-refractivity contribution is -0.161. The molecule has 0 N–H and O–H groups in total. The molecule has 18 heavy (non-hydrogen) atoms. The summed E-state index contributed by atoms with van der Waals surface area (Å²) in [6.07, 6.45) is -4.21. The van der Waals surface area contributed by atoms with Gasteiger partial charge in [0, 0.05) is 6.08 Å². The molecule has 0 saturated carbocycles. The van der Waals surface area contributed by atoms with Gasteiger partial charge in [-0.3, -0.25) is 9.59 Å². The smallest absolute Gasteiger partial charge is 0.409 e. The van der Waals surface area contributed by atoms with Crippen LogP contribution in [0.3, 0.4) is 0 Å². The number of halogens is 3. The Bertz CT molecular complexity index is 292. The average Bonchev–Trinajstić information content (AvgIpc) is 2.23. The summed E-state index contributed by atoms with van der Waals surface area (Å²) in [5.74, 6) is -3.13. The molecule has 0 unspecified atom stereocenters. The molecule has 0 spiro atoms. The molecule has 0 aliphatic carbocycles. The molecule has 0 atom stereocenters. The van der Waals surface area contributed by atoms with Crippen molar-refractivity contribution in [1.29, 1.82) is 0 Å². The van der Waals surface area contributed by atoms with Gasteiger partial charge in [-0.2, -0.15) is 13.2 Å². The lowest BCUT2D eigenvalue weighted by Crippen LogP contribution is -2.27. The summed E-state index contributed by atoms with van der Waals surface area (Å²) < 4.78 is 44.9. The van der Waals surface area contributed by atoms with Crippen molar-refractivity contribution in [3.8, 4) is 0 Å². The molecule has 0 amide bonds. The maximum absolute atomic E-state index is 11.9. The number of ether oxygens (including phenoxy) is 2. The molecule has 0 aliphatic rings. The molecule has 4 nitrogen and oxygen atoms in total. The van der Waals surface area contributed by atoms with E-state index in [4.69, 9.17) is 0 Å². The van der Waals surface area contributed by atoms with Gasteiger partial charge >= 0.3 is 18.1 Å². The molecule has 104 valence electrons. The highest BCUT2D eigenvalue weighted by Gasteiger charge is 2.29. The maximum Gasteiger partial charge on any atom is 0.409 e. The van der Waals surface area contributed by atoms with Gasteiger partial charge in [-0.05, 0) is 20.3 Å². The predicted octanol–water partition coefficient (Wildman–Crippen LogP) is 2.24. The zero-order chi connectivity index (χ0) is 14.2. The molecule has 0 aromatic heterocycles. The van der Waals surface area contributed by atoms with Crippen LogP contribution in [0.5, 0.6) is 0 Å². The van der Waals surface area contributed by atoms with Gasteiger partial charge in [-0.1, -0.05) is 6.08 Å². The molecule has 0 bridgehead atoms. The van der Waals surface area contributed by atoms with Crippen LogP contribution in [0.2, 0.25) is 0 Å². The van der Waals surface area contributed by atoms with Gasteiger partial charge in [0.2, 0.25) is 0 Å². The number of carbonyl (C=O) groups is 2. The molecule has 0 aliphatic heterocycles. The SMILES string of the molecule is CCOC(=O)C(C/C=C/C(F)(F)F)C(=O)OCC. The standard InChI is InChI=1S/C11H15F3O4/c1-3-17-9(15)8(10(16)18-4-2)6-5-7-11(12,13)14/h5,7-8H,3-4,6H2,1-2H3/b7-5+. The highest BCUT2D eigenvalue weighted by molar-refractivity contribution is 5.95. The fourth-order valence-corrected chi connectivity index (χ4v) is 1.11. The van der Waals surface area contributed by atoms with Crippen molar-refractivity contribution in [2.45, 2.75) is 26.4 Å². The Morgan fingerprint density at radius 1 is 1.11 bits per heavy atom. The molecule has 0 fully saturated rings. The van der Waals surface area contributed by atoms with E-state index in [2.05, 4.69) is 9.47 Å². The molecule has 0 saturated heterocycles.